The standard InChI is InChI=1S/C23H35FN2O/c1-8-10-15-26(9-2)22(27)19(5)25-18(4)17(3)21-13-11-20(12-14-21)16-23(6,7)24/h11-14H,8-10,15-16H2,1-7H3/b18-17+,25-19?. The van der Waals surface area contributed by atoms with E-state index in [1.54, 1.807) is 20.8 Å². The van der Waals surface area contributed by atoms with Gasteiger partial charge in [-0.25, -0.2) is 4.39 Å². The number of carbonyl (C=O) groups excluding carboxylic acids is 1. The molecule has 0 N–H and O–H groups in total. The highest BCUT2D eigenvalue weighted by atomic mass is 19.1. The van der Waals surface area contributed by atoms with Gasteiger partial charge in [-0.05, 0) is 64.7 Å². The number of hydrogen-bond acceptors (Lipinski definition) is 2. The molecule has 0 aliphatic rings. The van der Waals surface area contributed by atoms with Crippen molar-refractivity contribution in [2.24, 2.45) is 4.99 Å². The monoisotopic (exact) mass is 374 g/mol. The minimum absolute atomic E-state index is 0.00127. The second kappa shape index (κ2) is 10.4. The SMILES string of the molecule is CCCCN(CC)C(=O)C(C)=N/C(C)=C(\C)c1ccc(CC(C)(C)F)cc1. The van der Waals surface area contributed by atoms with E-state index in [1.165, 1.54) is 0 Å². The fraction of sp³-hybridized carbons (Fsp3) is 0.565. The Kier molecular flexibility index (Phi) is 8.87. The molecule has 0 spiro atoms. The van der Waals surface area contributed by atoms with Crippen LogP contribution in [0.1, 0.15) is 72.4 Å². The summed E-state index contributed by atoms with van der Waals surface area (Å²) in [6.07, 6.45) is 2.46. The number of carbonyl (C=O) groups is 1. The van der Waals surface area contributed by atoms with Gasteiger partial charge in [0.2, 0.25) is 0 Å². The molecule has 3 nitrogen and oxygen atoms in total. The zero-order valence-corrected chi connectivity index (χ0v) is 18.0. The first-order valence-electron chi connectivity index (χ1n) is 9.89. The van der Waals surface area contributed by atoms with E-state index in [0.717, 1.165) is 41.8 Å². The average Bonchev–Trinajstić information content (AvgIpc) is 2.60. The van der Waals surface area contributed by atoms with Gasteiger partial charge >= 0.3 is 0 Å². The Balaban J connectivity index is 2.96. The highest BCUT2D eigenvalue weighted by Gasteiger charge is 2.16. The Morgan fingerprint density at radius 3 is 2.19 bits per heavy atom. The van der Waals surface area contributed by atoms with Gasteiger partial charge in [0, 0.05) is 25.2 Å². The Bertz CT molecular complexity index is 681. The van der Waals surface area contributed by atoms with Crippen molar-refractivity contribution < 1.29 is 9.18 Å². The van der Waals surface area contributed by atoms with E-state index >= 15 is 0 Å². The number of rotatable bonds is 9. The van der Waals surface area contributed by atoms with Gasteiger partial charge in [0.1, 0.15) is 11.4 Å². The molecule has 0 atom stereocenters. The normalized spacial score (nSPS) is 13.4. The van der Waals surface area contributed by atoms with Gasteiger partial charge in [0.25, 0.3) is 5.91 Å². The summed E-state index contributed by atoms with van der Waals surface area (Å²) in [6, 6.07) is 7.90. The first-order chi connectivity index (χ1) is 12.6. The molecule has 1 aromatic carbocycles. The van der Waals surface area contributed by atoms with Crippen LogP contribution in [0.15, 0.2) is 35.0 Å². The largest absolute Gasteiger partial charge is 0.338 e. The number of benzene rings is 1. The number of aliphatic imine (C=N–C) groups is 1. The number of hydrogen-bond donors (Lipinski definition) is 0. The molecule has 0 heterocycles. The van der Waals surface area contributed by atoms with Crippen molar-refractivity contribution in [2.75, 3.05) is 13.1 Å². The van der Waals surface area contributed by atoms with Crippen molar-refractivity contribution in [2.45, 2.75) is 73.4 Å². The number of nitrogens with zero attached hydrogens (tertiary/aromatic N) is 2. The molecule has 1 aromatic rings. The third-order valence-electron chi connectivity index (χ3n) is 4.65. The van der Waals surface area contributed by atoms with Crippen molar-refractivity contribution in [3.8, 4) is 0 Å². The van der Waals surface area contributed by atoms with E-state index in [0.29, 0.717) is 18.7 Å². The second-order valence-electron chi connectivity index (χ2n) is 7.74. The molecule has 4 heteroatoms. The third kappa shape index (κ3) is 7.66. The summed E-state index contributed by atoms with van der Waals surface area (Å²) in [4.78, 5) is 19.0. The number of alkyl halides is 1. The van der Waals surface area contributed by atoms with Crippen molar-refractivity contribution >= 4 is 17.2 Å². The van der Waals surface area contributed by atoms with Crippen LogP contribution in [-0.2, 0) is 11.2 Å². The lowest BCUT2D eigenvalue weighted by molar-refractivity contribution is -0.124. The lowest BCUT2D eigenvalue weighted by atomic mass is 9.97. The smallest absolute Gasteiger partial charge is 0.267 e. The average molecular weight is 375 g/mol. The Morgan fingerprint density at radius 1 is 1.11 bits per heavy atom. The van der Waals surface area contributed by atoms with E-state index in [-0.39, 0.29) is 5.91 Å². The molecule has 0 bridgehead atoms. The fourth-order valence-corrected chi connectivity index (χ4v) is 2.93. The molecule has 0 unspecified atom stereocenters. The number of allylic oxidation sites excluding steroid dienone is 2. The zero-order chi connectivity index (χ0) is 20.6. The van der Waals surface area contributed by atoms with Crippen molar-refractivity contribution in [1.29, 1.82) is 0 Å². The number of amides is 1. The molecule has 1 rings (SSSR count). The van der Waals surface area contributed by atoms with E-state index in [9.17, 15) is 9.18 Å². The predicted octanol–water partition coefficient (Wildman–Crippen LogP) is 5.84. The van der Waals surface area contributed by atoms with Crippen molar-refractivity contribution in [3.63, 3.8) is 0 Å². The zero-order valence-electron chi connectivity index (χ0n) is 18.0. The molecular formula is C23H35FN2O. The van der Waals surface area contributed by atoms with Crippen LogP contribution in [0.4, 0.5) is 4.39 Å². The quantitative estimate of drug-likeness (QED) is 0.500. The molecular weight excluding hydrogens is 339 g/mol. The molecule has 0 aliphatic carbocycles. The first kappa shape index (κ1) is 23.1. The number of halogens is 1. The highest BCUT2D eigenvalue weighted by Crippen LogP contribution is 2.22. The van der Waals surface area contributed by atoms with Gasteiger partial charge in [-0.3, -0.25) is 9.79 Å². The summed E-state index contributed by atoms with van der Waals surface area (Å²) in [6.45, 7) is 14.5. The summed E-state index contributed by atoms with van der Waals surface area (Å²) in [5, 5.41) is 0. The second-order valence-corrected chi connectivity index (χ2v) is 7.74. The van der Waals surface area contributed by atoms with Gasteiger partial charge in [0.15, 0.2) is 0 Å². The summed E-state index contributed by atoms with van der Waals surface area (Å²) in [5.74, 6) is -0.00127. The fourth-order valence-electron chi connectivity index (χ4n) is 2.93. The topological polar surface area (TPSA) is 32.7 Å². The number of unbranched alkanes of at least 4 members (excludes halogenated alkanes) is 1. The van der Waals surface area contributed by atoms with Gasteiger partial charge in [-0.15, -0.1) is 0 Å². The molecule has 0 fully saturated rings. The maximum Gasteiger partial charge on any atom is 0.267 e. The Morgan fingerprint density at radius 2 is 1.70 bits per heavy atom. The van der Waals surface area contributed by atoms with Crippen LogP contribution in [0.2, 0.25) is 0 Å². The van der Waals surface area contributed by atoms with Crippen LogP contribution in [-0.4, -0.2) is 35.3 Å². The summed E-state index contributed by atoms with van der Waals surface area (Å²) < 4.78 is 13.8. The van der Waals surface area contributed by atoms with E-state index in [4.69, 9.17) is 0 Å². The van der Waals surface area contributed by atoms with Crippen LogP contribution >= 0.6 is 0 Å². The lowest BCUT2D eigenvalue weighted by Crippen LogP contribution is -2.36. The van der Waals surface area contributed by atoms with Crippen LogP contribution in [0, 0.1) is 0 Å². The maximum absolute atomic E-state index is 13.8. The molecule has 0 saturated carbocycles. The maximum atomic E-state index is 13.8. The van der Waals surface area contributed by atoms with Crippen LogP contribution in [0.5, 0.6) is 0 Å². The van der Waals surface area contributed by atoms with Gasteiger partial charge < -0.3 is 4.90 Å². The third-order valence-corrected chi connectivity index (χ3v) is 4.65. The van der Waals surface area contributed by atoms with E-state index in [1.807, 2.05) is 49.9 Å². The Labute approximate surface area is 164 Å². The molecule has 0 aromatic heterocycles. The highest BCUT2D eigenvalue weighted by molar-refractivity contribution is 6.38. The van der Waals surface area contributed by atoms with Gasteiger partial charge in [-0.1, -0.05) is 37.6 Å². The predicted molar refractivity (Wildman–Crippen MR) is 114 cm³/mol. The van der Waals surface area contributed by atoms with Crippen LogP contribution in [0.3, 0.4) is 0 Å². The minimum atomic E-state index is -1.22. The van der Waals surface area contributed by atoms with Crippen LogP contribution in [0.25, 0.3) is 5.57 Å². The molecule has 150 valence electrons. The van der Waals surface area contributed by atoms with Gasteiger partial charge in [0.05, 0.1) is 0 Å². The summed E-state index contributed by atoms with van der Waals surface area (Å²) in [5.41, 5.74) is 3.15. The van der Waals surface area contributed by atoms with Crippen molar-refractivity contribution in [1.82, 2.24) is 4.90 Å². The molecule has 27 heavy (non-hydrogen) atoms. The molecule has 1 amide bonds. The van der Waals surface area contributed by atoms with E-state index in [2.05, 4.69) is 11.9 Å². The molecule has 0 aliphatic heterocycles. The first-order valence-corrected chi connectivity index (χ1v) is 9.89. The van der Waals surface area contributed by atoms with E-state index < -0.39 is 5.67 Å². The Hall–Kier alpha value is -1.97. The molecule has 0 saturated heterocycles. The molecule has 0 radical (unpaired) electrons. The summed E-state index contributed by atoms with van der Waals surface area (Å²) in [7, 11) is 0. The lowest BCUT2D eigenvalue weighted by Gasteiger charge is -2.20. The minimum Gasteiger partial charge on any atom is -0.338 e. The van der Waals surface area contributed by atoms with Gasteiger partial charge in [-0.2, -0.15) is 0 Å². The van der Waals surface area contributed by atoms with Crippen LogP contribution < -0.4 is 0 Å². The summed E-state index contributed by atoms with van der Waals surface area (Å²) >= 11 is 0. The van der Waals surface area contributed by atoms with Crippen molar-refractivity contribution in [3.05, 3.63) is 41.1 Å².